The highest BCUT2D eigenvalue weighted by molar-refractivity contribution is 5.98. The van der Waals surface area contributed by atoms with Gasteiger partial charge in [0.15, 0.2) is 0 Å². The van der Waals surface area contributed by atoms with Crippen molar-refractivity contribution >= 4 is 53.2 Å². The first-order valence-electron chi connectivity index (χ1n) is 18.5. The van der Waals surface area contributed by atoms with Crippen LogP contribution in [-0.4, -0.2) is 119 Å². The van der Waals surface area contributed by atoms with E-state index in [4.69, 9.17) is 11.5 Å². The fourth-order valence-corrected chi connectivity index (χ4v) is 5.35. The highest BCUT2D eigenvalue weighted by atomic mass is 16.4. The van der Waals surface area contributed by atoms with Gasteiger partial charge < -0.3 is 58.9 Å². The van der Waals surface area contributed by atoms with E-state index in [1.165, 1.54) is 6.92 Å². The molecule has 0 heterocycles. The van der Waals surface area contributed by atoms with Crippen molar-refractivity contribution in [1.82, 2.24) is 37.2 Å². The van der Waals surface area contributed by atoms with Gasteiger partial charge in [-0.25, -0.2) is 0 Å². The molecule has 316 valence electrons. The third-order valence-corrected chi connectivity index (χ3v) is 8.86. The first-order chi connectivity index (χ1) is 27.5. The van der Waals surface area contributed by atoms with E-state index in [2.05, 4.69) is 37.2 Å². The average Bonchev–Trinajstić information content (AvgIpc) is 3.20. The molecule has 0 aliphatic rings. The van der Waals surface area contributed by atoms with Crippen molar-refractivity contribution in [1.29, 1.82) is 0 Å². The number of rotatable bonds is 24. The van der Waals surface area contributed by atoms with Gasteiger partial charge in [0.25, 0.3) is 0 Å². The fraction of sp³-hybridized carbons (Fsp3) is 0.447. The van der Waals surface area contributed by atoms with E-state index in [1.807, 2.05) is 0 Å². The first-order valence-corrected chi connectivity index (χ1v) is 18.5. The number of carboxylic acids is 1. The van der Waals surface area contributed by atoms with Gasteiger partial charge >= 0.3 is 5.97 Å². The number of primary amides is 1. The largest absolute Gasteiger partial charge is 0.480 e. The molecule has 2 rings (SSSR count). The second-order valence-corrected chi connectivity index (χ2v) is 13.5. The lowest BCUT2D eigenvalue weighted by atomic mass is 9.97. The van der Waals surface area contributed by atoms with Crippen LogP contribution < -0.4 is 48.7 Å². The molecule has 0 fully saturated rings. The zero-order valence-electron chi connectivity index (χ0n) is 32.5. The summed E-state index contributed by atoms with van der Waals surface area (Å²) in [5, 5.41) is 36.2. The topological polar surface area (TPSA) is 330 Å². The predicted octanol–water partition coefficient (Wildman–Crippen LogP) is -3.53. The quantitative estimate of drug-likeness (QED) is 0.0492. The van der Waals surface area contributed by atoms with Crippen LogP contribution in [0.1, 0.15) is 44.7 Å². The summed E-state index contributed by atoms with van der Waals surface area (Å²) in [6, 6.07) is 8.12. The van der Waals surface area contributed by atoms with Crippen LogP contribution in [-0.2, 0) is 56.0 Å². The summed E-state index contributed by atoms with van der Waals surface area (Å²) >= 11 is 0. The third kappa shape index (κ3) is 16.4. The number of nitrogens with one attached hydrogen (secondary N) is 7. The molecule has 0 radical (unpaired) electrons. The number of carbonyl (C=O) groups excluding carboxylic acids is 8. The number of benzene rings is 2. The van der Waals surface area contributed by atoms with Gasteiger partial charge in [0.05, 0.1) is 26.1 Å². The number of hydrogen-bond acceptors (Lipinski definition) is 11. The molecule has 0 bridgehead atoms. The van der Waals surface area contributed by atoms with Crippen molar-refractivity contribution in [2.75, 3.05) is 19.7 Å². The van der Waals surface area contributed by atoms with E-state index in [-0.39, 0.29) is 19.4 Å². The zero-order chi connectivity index (χ0) is 43.4. The number of nitrogens with two attached hydrogens (primary N) is 2. The summed E-state index contributed by atoms with van der Waals surface area (Å²) in [6.07, 6.45) is -0.572. The van der Waals surface area contributed by atoms with E-state index in [0.29, 0.717) is 17.5 Å². The van der Waals surface area contributed by atoms with Crippen LogP contribution in [0.25, 0.3) is 0 Å². The number of amides is 8. The van der Waals surface area contributed by atoms with Crippen LogP contribution >= 0.6 is 0 Å². The molecular formula is C38H53N9O11. The Balaban J connectivity index is 2.32. The maximum absolute atomic E-state index is 13.8. The Morgan fingerprint density at radius 2 is 1.07 bits per heavy atom. The molecule has 58 heavy (non-hydrogen) atoms. The number of aliphatic hydroxyl groups is 1. The van der Waals surface area contributed by atoms with Crippen LogP contribution in [0, 0.1) is 5.92 Å². The standard InChI is InChI=1S/C38H53N9O11/c1-4-21(2)32(47-31(51)19-41-30(50)18-39)37(56)45-26(16-24-13-9-6-10-14-24)34(53)46-28(20-48)36(55)44-27(17-29(40)49)35(54)43-25(15-23-11-7-5-8-12-23)33(52)42-22(3)38(57)58/h5-14,21-22,25-28,32,48H,4,15-20,39H2,1-3H3,(H2,40,49)(H,41,50)(H,42,52)(H,43,54)(H,44,55)(H,45,56)(H,46,53)(H,47,51)(H,57,58)/t21-,22-,25-,26-,27-,28-,32-/m0/s1. The Morgan fingerprint density at radius 1 is 0.621 bits per heavy atom. The summed E-state index contributed by atoms with van der Waals surface area (Å²) < 4.78 is 0. The molecule has 2 aromatic carbocycles. The molecule has 0 spiro atoms. The van der Waals surface area contributed by atoms with Gasteiger partial charge in [-0.1, -0.05) is 80.9 Å². The van der Waals surface area contributed by atoms with Gasteiger partial charge in [-0.2, -0.15) is 0 Å². The zero-order valence-corrected chi connectivity index (χ0v) is 32.5. The van der Waals surface area contributed by atoms with E-state index >= 15 is 0 Å². The van der Waals surface area contributed by atoms with Crippen LogP contribution in [0.15, 0.2) is 60.7 Å². The second kappa shape index (κ2) is 24.3. The second-order valence-electron chi connectivity index (χ2n) is 13.5. The highest BCUT2D eigenvalue weighted by Gasteiger charge is 2.34. The first kappa shape index (κ1) is 47.7. The molecule has 0 aliphatic heterocycles. The van der Waals surface area contributed by atoms with Crippen LogP contribution in [0.4, 0.5) is 0 Å². The Kier molecular flexibility index (Phi) is 20.0. The molecule has 2 aromatic rings. The summed E-state index contributed by atoms with van der Waals surface area (Å²) in [5.41, 5.74) is 11.8. The number of aliphatic carboxylic acids is 1. The monoisotopic (exact) mass is 811 g/mol. The van der Waals surface area contributed by atoms with Crippen molar-refractivity contribution in [2.45, 2.75) is 82.7 Å². The number of carboxylic acid groups (broad SMARTS) is 1. The average molecular weight is 812 g/mol. The Hall–Kier alpha value is -6.41. The molecule has 20 heteroatoms. The Labute approximate surface area is 335 Å². The molecule has 0 aliphatic carbocycles. The molecule has 0 saturated carbocycles. The Bertz CT molecular complexity index is 1750. The van der Waals surface area contributed by atoms with Crippen molar-refractivity contribution in [2.24, 2.45) is 17.4 Å². The molecule has 0 unspecified atom stereocenters. The summed E-state index contributed by atoms with van der Waals surface area (Å²) in [4.78, 5) is 115. The van der Waals surface area contributed by atoms with E-state index in [9.17, 15) is 53.4 Å². The van der Waals surface area contributed by atoms with Crippen LogP contribution in [0.2, 0.25) is 0 Å². The highest BCUT2D eigenvalue weighted by Crippen LogP contribution is 2.11. The number of hydrogen-bond donors (Lipinski definition) is 11. The molecule has 0 saturated heterocycles. The summed E-state index contributed by atoms with van der Waals surface area (Å²) in [5.74, 6) is -8.91. The van der Waals surface area contributed by atoms with E-state index < -0.39 is 115 Å². The number of carbonyl (C=O) groups is 9. The summed E-state index contributed by atoms with van der Waals surface area (Å²) in [6.45, 7) is 2.85. The van der Waals surface area contributed by atoms with Crippen molar-refractivity contribution < 1.29 is 53.4 Å². The van der Waals surface area contributed by atoms with Gasteiger partial charge in [-0.3, -0.25) is 43.2 Å². The maximum Gasteiger partial charge on any atom is 0.325 e. The molecule has 7 atom stereocenters. The van der Waals surface area contributed by atoms with Gasteiger partial charge in [-0.05, 0) is 24.0 Å². The molecular weight excluding hydrogens is 758 g/mol. The van der Waals surface area contributed by atoms with Crippen LogP contribution in [0.3, 0.4) is 0 Å². The lowest BCUT2D eigenvalue weighted by Gasteiger charge is -2.28. The minimum Gasteiger partial charge on any atom is -0.480 e. The smallest absolute Gasteiger partial charge is 0.325 e. The maximum atomic E-state index is 13.8. The van der Waals surface area contributed by atoms with E-state index in [1.54, 1.807) is 74.5 Å². The van der Waals surface area contributed by atoms with Crippen molar-refractivity contribution in [3.8, 4) is 0 Å². The molecule has 8 amide bonds. The minimum absolute atomic E-state index is 0.107. The molecule has 13 N–H and O–H groups in total. The fourth-order valence-electron chi connectivity index (χ4n) is 5.35. The van der Waals surface area contributed by atoms with Gasteiger partial charge in [0, 0.05) is 12.8 Å². The van der Waals surface area contributed by atoms with Gasteiger partial charge in [0.1, 0.15) is 36.3 Å². The molecule has 0 aromatic heterocycles. The Morgan fingerprint density at radius 3 is 1.53 bits per heavy atom. The van der Waals surface area contributed by atoms with Gasteiger partial charge in [0.2, 0.25) is 47.3 Å². The summed E-state index contributed by atoms with van der Waals surface area (Å²) in [7, 11) is 0. The van der Waals surface area contributed by atoms with E-state index in [0.717, 1.165) is 0 Å². The SMILES string of the molecule is CC[C@H](C)[C@H](NC(=O)CNC(=O)CN)C(=O)N[C@@H](Cc1ccccc1)C(=O)N[C@@H](CO)C(=O)N[C@@H](CC(N)=O)C(=O)N[C@@H](Cc1ccccc1)C(=O)N[C@@H](C)C(=O)O. The van der Waals surface area contributed by atoms with Crippen molar-refractivity contribution in [3.63, 3.8) is 0 Å². The lowest BCUT2D eigenvalue weighted by Crippen LogP contribution is -2.61. The van der Waals surface area contributed by atoms with Crippen molar-refractivity contribution in [3.05, 3.63) is 71.8 Å². The normalized spacial score (nSPS) is 14.4. The number of aliphatic hydroxyl groups excluding tert-OH is 1. The lowest BCUT2D eigenvalue weighted by molar-refractivity contribution is -0.142. The minimum atomic E-state index is -1.75. The molecule has 20 nitrogen and oxygen atoms in total. The third-order valence-electron chi connectivity index (χ3n) is 8.86. The van der Waals surface area contributed by atoms with Gasteiger partial charge in [-0.15, -0.1) is 0 Å². The van der Waals surface area contributed by atoms with Crippen LogP contribution in [0.5, 0.6) is 0 Å². The predicted molar refractivity (Wildman–Crippen MR) is 208 cm³/mol.